The van der Waals surface area contributed by atoms with Gasteiger partial charge in [-0.1, -0.05) is 39.7 Å². The van der Waals surface area contributed by atoms with E-state index in [1.54, 1.807) is 13.0 Å². The summed E-state index contributed by atoms with van der Waals surface area (Å²) >= 11 is 0. The molecule has 0 heterocycles. The van der Waals surface area contributed by atoms with Gasteiger partial charge >= 0.3 is 0 Å². The number of carbonyl (C=O) groups is 2. The maximum atomic E-state index is 12.3. The van der Waals surface area contributed by atoms with Crippen LogP contribution in [0.25, 0.3) is 0 Å². The Bertz CT molecular complexity index is 438. The van der Waals surface area contributed by atoms with Crippen molar-refractivity contribution < 1.29 is 9.59 Å². The van der Waals surface area contributed by atoms with E-state index in [4.69, 9.17) is 5.73 Å². The van der Waals surface area contributed by atoms with E-state index < -0.39 is 11.4 Å². The second-order valence-corrected chi connectivity index (χ2v) is 7.54. The summed E-state index contributed by atoms with van der Waals surface area (Å²) in [5.41, 5.74) is 5.73. The Kier molecular flexibility index (Phi) is 5.60. The Morgan fingerprint density at radius 3 is 2.48 bits per heavy atom. The zero-order valence-corrected chi connectivity index (χ0v) is 14.1. The van der Waals surface area contributed by atoms with Gasteiger partial charge in [-0.15, -0.1) is 0 Å². The largest absolute Gasteiger partial charge is 0.368 e. The normalized spacial score (nSPS) is 22.9. The van der Waals surface area contributed by atoms with Gasteiger partial charge in [0.15, 0.2) is 0 Å². The van der Waals surface area contributed by atoms with Crippen LogP contribution in [0.2, 0.25) is 0 Å². The molecular weight excluding hydrogens is 264 g/mol. The number of amides is 2. The van der Waals surface area contributed by atoms with Crippen LogP contribution in [0.1, 0.15) is 66.7 Å². The molecule has 0 bridgehead atoms. The molecule has 2 amide bonds. The molecule has 0 aromatic rings. The van der Waals surface area contributed by atoms with Gasteiger partial charge in [-0.3, -0.25) is 9.59 Å². The molecule has 0 aromatic carbocycles. The maximum absolute atomic E-state index is 12.3. The summed E-state index contributed by atoms with van der Waals surface area (Å²) in [5, 5.41) is 2.82. The summed E-state index contributed by atoms with van der Waals surface area (Å²) in [4.78, 5) is 24.0. The van der Waals surface area contributed by atoms with Crippen molar-refractivity contribution >= 4 is 11.8 Å². The van der Waals surface area contributed by atoms with Crippen LogP contribution in [0.15, 0.2) is 11.6 Å². The van der Waals surface area contributed by atoms with Gasteiger partial charge in [0.25, 0.3) is 0 Å². The number of nitrogens with one attached hydrogen (secondary N) is 1. The first-order valence-electron chi connectivity index (χ1n) is 7.90. The SMILES string of the molecule is CC(C)CC(C)(NC(=O)/C=C1/CCCCC1(C)C)C(N)=O. The van der Waals surface area contributed by atoms with Gasteiger partial charge < -0.3 is 11.1 Å². The minimum atomic E-state index is -0.985. The lowest BCUT2D eigenvalue weighted by atomic mass is 9.73. The molecule has 3 N–H and O–H groups in total. The van der Waals surface area contributed by atoms with E-state index in [-0.39, 0.29) is 17.2 Å². The molecule has 120 valence electrons. The van der Waals surface area contributed by atoms with Crippen molar-refractivity contribution in [1.29, 1.82) is 0 Å². The van der Waals surface area contributed by atoms with Gasteiger partial charge in [0, 0.05) is 6.08 Å². The molecule has 0 aromatic heterocycles. The van der Waals surface area contributed by atoms with Crippen molar-refractivity contribution in [3.63, 3.8) is 0 Å². The first-order valence-corrected chi connectivity index (χ1v) is 7.90. The summed E-state index contributed by atoms with van der Waals surface area (Å²) in [7, 11) is 0. The van der Waals surface area contributed by atoms with E-state index in [2.05, 4.69) is 19.2 Å². The van der Waals surface area contributed by atoms with Gasteiger partial charge in [-0.25, -0.2) is 0 Å². The number of hydrogen-bond donors (Lipinski definition) is 2. The van der Waals surface area contributed by atoms with Gasteiger partial charge in [0.2, 0.25) is 11.8 Å². The van der Waals surface area contributed by atoms with Crippen LogP contribution in [0.3, 0.4) is 0 Å². The minimum Gasteiger partial charge on any atom is -0.368 e. The molecule has 0 spiro atoms. The van der Waals surface area contributed by atoms with Crippen LogP contribution in [0.5, 0.6) is 0 Å². The van der Waals surface area contributed by atoms with Crippen molar-refractivity contribution in [2.75, 3.05) is 0 Å². The van der Waals surface area contributed by atoms with Crippen molar-refractivity contribution in [2.45, 2.75) is 72.3 Å². The molecule has 1 unspecified atom stereocenters. The summed E-state index contributed by atoms with van der Waals surface area (Å²) in [6.07, 6.45) is 6.62. The molecule has 1 aliphatic carbocycles. The molecular formula is C17H30N2O2. The van der Waals surface area contributed by atoms with E-state index in [9.17, 15) is 9.59 Å². The quantitative estimate of drug-likeness (QED) is 0.765. The average Bonchev–Trinajstić information content (AvgIpc) is 2.30. The molecule has 1 fully saturated rings. The Morgan fingerprint density at radius 2 is 2.00 bits per heavy atom. The van der Waals surface area contributed by atoms with Crippen LogP contribution in [-0.2, 0) is 9.59 Å². The third-order valence-corrected chi connectivity index (χ3v) is 4.43. The van der Waals surface area contributed by atoms with Crippen molar-refractivity contribution in [3.8, 4) is 0 Å². The lowest BCUT2D eigenvalue weighted by Crippen LogP contribution is -2.55. The predicted octanol–water partition coefficient (Wildman–Crippen LogP) is 2.92. The van der Waals surface area contributed by atoms with E-state index in [1.807, 2.05) is 13.8 Å². The topological polar surface area (TPSA) is 72.2 Å². The molecule has 21 heavy (non-hydrogen) atoms. The molecule has 4 heteroatoms. The fourth-order valence-corrected chi connectivity index (χ4v) is 3.14. The zero-order chi connectivity index (χ0) is 16.3. The summed E-state index contributed by atoms with van der Waals surface area (Å²) in [5.74, 6) is -0.408. The third kappa shape index (κ3) is 4.87. The summed E-state index contributed by atoms with van der Waals surface area (Å²) in [6, 6.07) is 0. The van der Waals surface area contributed by atoms with E-state index in [0.29, 0.717) is 6.42 Å². The highest BCUT2D eigenvalue weighted by atomic mass is 16.2. The fourth-order valence-electron chi connectivity index (χ4n) is 3.14. The number of hydrogen-bond acceptors (Lipinski definition) is 2. The highest BCUT2D eigenvalue weighted by Gasteiger charge is 2.34. The van der Waals surface area contributed by atoms with Crippen LogP contribution < -0.4 is 11.1 Å². The smallest absolute Gasteiger partial charge is 0.244 e. The lowest BCUT2D eigenvalue weighted by molar-refractivity contribution is -0.129. The first kappa shape index (κ1) is 17.7. The second-order valence-electron chi connectivity index (χ2n) is 7.54. The van der Waals surface area contributed by atoms with Crippen LogP contribution >= 0.6 is 0 Å². The number of allylic oxidation sites excluding steroid dienone is 1. The number of carbonyl (C=O) groups excluding carboxylic acids is 2. The Balaban J connectivity index is 2.85. The standard InChI is InChI=1S/C17H30N2O2/c1-12(2)11-17(5,15(18)21)19-14(20)10-13-8-6-7-9-16(13,3)4/h10,12H,6-9,11H2,1-5H3,(H2,18,21)(H,19,20)/b13-10-. The molecule has 1 saturated carbocycles. The molecule has 0 aliphatic heterocycles. The fraction of sp³-hybridized carbons (Fsp3) is 0.765. The van der Waals surface area contributed by atoms with E-state index >= 15 is 0 Å². The van der Waals surface area contributed by atoms with Crippen LogP contribution in [0.4, 0.5) is 0 Å². The Morgan fingerprint density at radius 1 is 1.38 bits per heavy atom. The molecule has 0 saturated heterocycles. The van der Waals surface area contributed by atoms with Gasteiger partial charge in [0.1, 0.15) is 5.54 Å². The second kappa shape index (κ2) is 6.63. The summed E-state index contributed by atoms with van der Waals surface area (Å²) < 4.78 is 0. The minimum absolute atomic E-state index is 0.0662. The van der Waals surface area contributed by atoms with Crippen molar-refractivity contribution in [2.24, 2.45) is 17.1 Å². The number of nitrogens with two attached hydrogens (primary N) is 1. The third-order valence-electron chi connectivity index (χ3n) is 4.43. The molecule has 1 rings (SSSR count). The molecule has 0 radical (unpaired) electrons. The highest BCUT2D eigenvalue weighted by molar-refractivity contribution is 5.95. The van der Waals surface area contributed by atoms with E-state index in [0.717, 1.165) is 19.3 Å². The number of rotatable bonds is 5. The zero-order valence-electron chi connectivity index (χ0n) is 14.1. The van der Waals surface area contributed by atoms with Crippen LogP contribution in [0, 0.1) is 11.3 Å². The molecule has 1 aliphatic rings. The lowest BCUT2D eigenvalue weighted by Gasteiger charge is -2.33. The van der Waals surface area contributed by atoms with Gasteiger partial charge in [-0.2, -0.15) is 0 Å². The summed E-state index contributed by atoms with van der Waals surface area (Å²) in [6.45, 7) is 10.1. The van der Waals surface area contributed by atoms with Gasteiger partial charge in [-0.05, 0) is 43.9 Å². The Labute approximate surface area is 128 Å². The Hall–Kier alpha value is -1.32. The highest BCUT2D eigenvalue weighted by Crippen LogP contribution is 2.39. The van der Waals surface area contributed by atoms with Crippen molar-refractivity contribution in [1.82, 2.24) is 5.32 Å². The van der Waals surface area contributed by atoms with Gasteiger partial charge in [0.05, 0.1) is 0 Å². The molecule has 4 nitrogen and oxygen atoms in total. The predicted molar refractivity (Wildman–Crippen MR) is 85.5 cm³/mol. The first-order chi connectivity index (χ1) is 9.57. The number of primary amides is 1. The average molecular weight is 294 g/mol. The van der Waals surface area contributed by atoms with E-state index in [1.165, 1.54) is 12.0 Å². The molecule has 1 atom stereocenters. The van der Waals surface area contributed by atoms with Crippen LogP contribution in [-0.4, -0.2) is 17.4 Å². The monoisotopic (exact) mass is 294 g/mol. The van der Waals surface area contributed by atoms with Crippen molar-refractivity contribution in [3.05, 3.63) is 11.6 Å². The maximum Gasteiger partial charge on any atom is 0.244 e.